The number of benzene rings is 1. The van der Waals surface area contributed by atoms with Crippen molar-refractivity contribution in [2.45, 2.75) is 6.42 Å². The Labute approximate surface area is 114 Å². The summed E-state index contributed by atoms with van der Waals surface area (Å²) in [6.07, 6.45) is 0.924. The van der Waals surface area contributed by atoms with Gasteiger partial charge in [-0.2, -0.15) is 0 Å². The minimum Gasteiger partial charge on any atom is -0.385 e. The van der Waals surface area contributed by atoms with Gasteiger partial charge in [0.25, 0.3) is 0 Å². The monoisotopic (exact) mass is 265 g/mol. The topological polar surface area (TPSA) is 71.6 Å². The first kappa shape index (κ1) is 15.5. The van der Waals surface area contributed by atoms with E-state index in [1.807, 2.05) is 31.3 Å². The van der Waals surface area contributed by atoms with Crippen LogP contribution in [-0.2, 0) is 9.47 Å². The molecule has 19 heavy (non-hydrogen) atoms. The van der Waals surface area contributed by atoms with Gasteiger partial charge in [-0.25, -0.2) is 0 Å². The maximum absolute atomic E-state index is 7.34. The number of likely N-dealkylation sites (N-methyl/N-ethyl adjacent to an activating group) is 1. The average molecular weight is 265 g/mol. The zero-order valence-electron chi connectivity index (χ0n) is 11.7. The third kappa shape index (κ3) is 5.72. The lowest BCUT2D eigenvalue weighted by atomic mass is 10.2. The molecule has 0 aliphatic carbocycles. The minimum atomic E-state index is 0.0932. The second-order valence-corrected chi connectivity index (χ2v) is 4.34. The Balaban J connectivity index is 2.29. The van der Waals surface area contributed by atoms with Crippen LogP contribution in [-0.4, -0.2) is 46.4 Å². The Morgan fingerprint density at radius 2 is 1.89 bits per heavy atom. The maximum Gasteiger partial charge on any atom is 0.122 e. The van der Waals surface area contributed by atoms with Crippen molar-refractivity contribution >= 4 is 11.5 Å². The number of anilines is 1. The van der Waals surface area contributed by atoms with E-state index in [0.29, 0.717) is 6.61 Å². The van der Waals surface area contributed by atoms with E-state index in [-0.39, 0.29) is 5.84 Å². The number of hydrogen-bond donors (Lipinski definition) is 2. The van der Waals surface area contributed by atoms with Crippen molar-refractivity contribution in [3.63, 3.8) is 0 Å². The molecule has 0 saturated heterocycles. The number of rotatable bonds is 9. The van der Waals surface area contributed by atoms with Crippen LogP contribution in [0.25, 0.3) is 0 Å². The molecule has 0 saturated carbocycles. The highest BCUT2D eigenvalue weighted by molar-refractivity contribution is 5.95. The van der Waals surface area contributed by atoms with Gasteiger partial charge in [-0.3, -0.25) is 5.41 Å². The molecule has 0 amide bonds. The fourth-order valence-electron chi connectivity index (χ4n) is 1.63. The van der Waals surface area contributed by atoms with Crippen molar-refractivity contribution in [1.82, 2.24) is 0 Å². The summed E-state index contributed by atoms with van der Waals surface area (Å²) in [7, 11) is 3.71. The lowest BCUT2D eigenvalue weighted by Gasteiger charge is -2.19. The summed E-state index contributed by atoms with van der Waals surface area (Å²) < 4.78 is 10.5. The molecule has 0 heterocycles. The van der Waals surface area contributed by atoms with Crippen molar-refractivity contribution in [2.24, 2.45) is 5.73 Å². The summed E-state index contributed by atoms with van der Waals surface area (Å²) >= 11 is 0. The molecule has 0 aliphatic rings. The number of nitrogens with zero attached hydrogens (tertiary/aromatic N) is 1. The number of nitrogen functional groups attached to an aromatic ring is 1. The van der Waals surface area contributed by atoms with Gasteiger partial charge >= 0.3 is 0 Å². The molecule has 0 aliphatic heterocycles. The highest BCUT2D eigenvalue weighted by Crippen LogP contribution is 2.13. The van der Waals surface area contributed by atoms with E-state index in [1.54, 1.807) is 7.11 Å². The zero-order valence-corrected chi connectivity index (χ0v) is 11.7. The van der Waals surface area contributed by atoms with Crippen LogP contribution in [0.15, 0.2) is 24.3 Å². The second kappa shape index (κ2) is 8.50. The van der Waals surface area contributed by atoms with Gasteiger partial charge in [-0.05, 0) is 30.7 Å². The fourth-order valence-corrected chi connectivity index (χ4v) is 1.63. The molecule has 0 bridgehead atoms. The van der Waals surface area contributed by atoms with Gasteiger partial charge in [-0.1, -0.05) is 0 Å². The Morgan fingerprint density at radius 1 is 1.21 bits per heavy atom. The SMILES string of the molecule is COCCCOCCN(C)c1ccc(C(=N)N)cc1. The van der Waals surface area contributed by atoms with Crippen molar-refractivity contribution in [2.75, 3.05) is 45.4 Å². The fraction of sp³-hybridized carbons (Fsp3) is 0.500. The first-order valence-electron chi connectivity index (χ1n) is 6.37. The van der Waals surface area contributed by atoms with E-state index >= 15 is 0 Å². The van der Waals surface area contributed by atoms with Gasteiger partial charge < -0.3 is 20.1 Å². The Morgan fingerprint density at radius 3 is 2.47 bits per heavy atom. The number of ether oxygens (including phenoxy) is 2. The molecule has 1 rings (SSSR count). The van der Waals surface area contributed by atoms with Crippen molar-refractivity contribution in [3.8, 4) is 0 Å². The molecule has 1 aromatic rings. The molecular weight excluding hydrogens is 242 g/mol. The van der Waals surface area contributed by atoms with E-state index in [9.17, 15) is 0 Å². The number of nitrogens with one attached hydrogen (secondary N) is 1. The van der Waals surface area contributed by atoms with Crippen LogP contribution in [0.3, 0.4) is 0 Å². The quantitative estimate of drug-likeness (QED) is 0.403. The number of methoxy groups -OCH3 is 1. The summed E-state index contributed by atoms with van der Waals surface area (Å²) in [6, 6.07) is 7.63. The Hall–Kier alpha value is -1.59. The molecule has 0 fully saturated rings. The third-order valence-electron chi connectivity index (χ3n) is 2.83. The molecule has 0 aromatic heterocycles. The number of hydrogen-bond acceptors (Lipinski definition) is 4. The average Bonchev–Trinajstić information content (AvgIpc) is 2.42. The molecule has 5 heteroatoms. The predicted octanol–water partition coefficient (Wildman–Crippen LogP) is 1.46. The van der Waals surface area contributed by atoms with Crippen LogP contribution >= 0.6 is 0 Å². The van der Waals surface area contributed by atoms with Crippen LogP contribution in [0.1, 0.15) is 12.0 Å². The molecule has 3 N–H and O–H groups in total. The van der Waals surface area contributed by atoms with E-state index in [0.717, 1.165) is 37.4 Å². The van der Waals surface area contributed by atoms with Crippen LogP contribution < -0.4 is 10.6 Å². The highest BCUT2D eigenvalue weighted by Gasteiger charge is 2.02. The summed E-state index contributed by atoms with van der Waals surface area (Å²) in [5, 5.41) is 7.34. The normalized spacial score (nSPS) is 10.4. The molecule has 1 aromatic carbocycles. The van der Waals surface area contributed by atoms with Crippen molar-refractivity contribution in [3.05, 3.63) is 29.8 Å². The van der Waals surface area contributed by atoms with Crippen LogP contribution in [0.4, 0.5) is 5.69 Å². The van der Waals surface area contributed by atoms with Crippen LogP contribution in [0, 0.1) is 5.41 Å². The van der Waals surface area contributed by atoms with Crippen LogP contribution in [0.2, 0.25) is 0 Å². The Bertz CT molecular complexity index is 379. The Kier molecular flexibility index (Phi) is 6.92. The standard InChI is InChI=1S/C14H23N3O2/c1-17(8-11-19-10-3-9-18-2)13-6-4-12(5-7-13)14(15)16/h4-7H,3,8-11H2,1-2H3,(H3,15,16). The first-order chi connectivity index (χ1) is 9.15. The van der Waals surface area contributed by atoms with Gasteiger partial charge in [0.05, 0.1) is 6.61 Å². The zero-order chi connectivity index (χ0) is 14.1. The summed E-state index contributed by atoms with van der Waals surface area (Å²) in [5.41, 5.74) is 7.25. The molecular formula is C14H23N3O2. The van der Waals surface area contributed by atoms with Gasteiger partial charge in [-0.15, -0.1) is 0 Å². The lowest BCUT2D eigenvalue weighted by molar-refractivity contribution is 0.107. The van der Waals surface area contributed by atoms with E-state index in [4.69, 9.17) is 20.6 Å². The highest BCUT2D eigenvalue weighted by atomic mass is 16.5. The molecule has 0 spiro atoms. The van der Waals surface area contributed by atoms with Gasteiger partial charge in [0.2, 0.25) is 0 Å². The molecule has 0 radical (unpaired) electrons. The predicted molar refractivity (Wildman–Crippen MR) is 78.0 cm³/mol. The van der Waals surface area contributed by atoms with Gasteiger partial charge in [0.15, 0.2) is 0 Å². The summed E-state index contributed by atoms with van der Waals surface area (Å²) in [5.74, 6) is 0.0932. The van der Waals surface area contributed by atoms with Crippen LogP contribution in [0.5, 0.6) is 0 Å². The van der Waals surface area contributed by atoms with Gasteiger partial charge in [0.1, 0.15) is 5.84 Å². The minimum absolute atomic E-state index is 0.0932. The second-order valence-electron chi connectivity index (χ2n) is 4.34. The summed E-state index contributed by atoms with van der Waals surface area (Å²) in [6.45, 7) is 2.98. The summed E-state index contributed by atoms with van der Waals surface area (Å²) in [4.78, 5) is 2.11. The maximum atomic E-state index is 7.34. The largest absolute Gasteiger partial charge is 0.385 e. The van der Waals surface area contributed by atoms with Crippen molar-refractivity contribution in [1.29, 1.82) is 5.41 Å². The van der Waals surface area contributed by atoms with E-state index < -0.39 is 0 Å². The number of amidine groups is 1. The van der Waals surface area contributed by atoms with E-state index in [2.05, 4.69) is 4.90 Å². The number of nitrogens with two attached hydrogens (primary N) is 1. The molecule has 0 atom stereocenters. The van der Waals surface area contributed by atoms with E-state index in [1.165, 1.54) is 0 Å². The lowest BCUT2D eigenvalue weighted by Crippen LogP contribution is -2.23. The van der Waals surface area contributed by atoms with Crippen molar-refractivity contribution < 1.29 is 9.47 Å². The third-order valence-corrected chi connectivity index (χ3v) is 2.83. The smallest absolute Gasteiger partial charge is 0.122 e. The molecule has 106 valence electrons. The molecule has 0 unspecified atom stereocenters. The van der Waals surface area contributed by atoms with Gasteiger partial charge in [0, 0.05) is 45.2 Å². The first-order valence-corrected chi connectivity index (χ1v) is 6.37. The molecule has 5 nitrogen and oxygen atoms in total.